The molecule has 2 aromatic rings. The summed E-state index contributed by atoms with van der Waals surface area (Å²) in [7, 11) is -4.00. The number of aliphatic carboxylic acids is 1. The van der Waals surface area contributed by atoms with Crippen molar-refractivity contribution in [2.75, 3.05) is 6.54 Å². The maximum atomic E-state index is 13.0. The van der Waals surface area contributed by atoms with E-state index in [4.69, 9.17) is 11.6 Å². The summed E-state index contributed by atoms with van der Waals surface area (Å²) in [6.07, 6.45) is 0. The zero-order valence-electron chi connectivity index (χ0n) is 12.1. The number of amidine groups is 1. The Bertz CT molecular complexity index is 865. The van der Waals surface area contributed by atoms with Gasteiger partial charge in [-0.2, -0.15) is 13.1 Å². The van der Waals surface area contributed by atoms with Gasteiger partial charge >= 0.3 is 10.0 Å². The number of nitrogens with one attached hydrogen (secondary N) is 2. The summed E-state index contributed by atoms with van der Waals surface area (Å²) in [5.74, 6) is -2.06. The molecule has 0 aliphatic carbocycles. The average molecular weight is 371 g/mol. The molecule has 0 atom stereocenters. The topological polar surface area (TPSA) is 100 Å². The molecular weight excluding hydrogens is 359 g/mol. The molecule has 24 heavy (non-hydrogen) atoms. The summed E-state index contributed by atoms with van der Waals surface area (Å²) in [6, 6.07) is 10.2. The molecule has 0 fully saturated rings. The Hall–Kier alpha value is -2.45. The molecular formula is C15H12ClFN2O4S. The summed E-state index contributed by atoms with van der Waals surface area (Å²) in [4.78, 5) is 13.0. The molecule has 6 nitrogen and oxygen atoms in total. The Morgan fingerprint density at radius 2 is 1.71 bits per heavy atom. The van der Waals surface area contributed by atoms with Crippen molar-refractivity contribution in [2.45, 2.75) is 4.90 Å². The van der Waals surface area contributed by atoms with Crippen LogP contribution in [-0.2, 0) is 14.8 Å². The van der Waals surface area contributed by atoms with Crippen LogP contribution in [0.1, 0.15) is 5.56 Å². The minimum absolute atomic E-state index is 0.0678. The highest BCUT2D eigenvalue weighted by Gasteiger charge is 2.23. The second-order valence-corrected chi connectivity index (χ2v) is 6.79. The van der Waals surface area contributed by atoms with Crippen molar-refractivity contribution in [3.8, 4) is 0 Å². The molecule has 0 aromatic heterocycles. The Kier molecular flexibility index (Phi) is 5.53. The number of sulfonamides is 1. The largest absolute Gasteiger partial charge is 0.546 e. The van der Waals surface area contributed by atoms with Crippen LogP contribution < -0.4 is 14.8 Å². The molecule has 0 spiro atoms. The molecule has 0 unspecified atom stereocenters. The first-order chi connectivity index (χ1) is 11.3. The molecule has 0 saturated heterocycles. The van der Waals surface area contributed by atoms with Crippen LogP contribution in [0.2, 0.25) is 5.02 Å². The van der Waals surface area contributed by atoms with Gasteiger partial charge in [0.05, 0.1) is 11.5 Å². The standard InChI is InChI=1S/C15H12ClFN2O4S/c16-11-3-7-13(8-4-11)24(22,23)19-15(18-9-14(20)21)10-1-5-12(17)6-2-10/h1-8H,9H2,(H,18,19)(H,20,21). The van der Waals surface area contributed by atoms with E-state index in [1.807, 2.05) is 0 Å². The second-order valence-electron chi connectivity index (χ2n) is 4.67. The summed E-state index contributed by atoms with van der Waals surface area (Å²) < 4.78 is 40.0. The third kappa shape index (κ3) is 4.77. The summed E-state index contributed by atoms with van der Waals surface area (Å²) in [5.41, 5.74) is 0.259. The zero-order valence-corrected chi connectivity index (χ0v) is 13.7. The fraction of sp³-hybridized carbons (Fsp3) is 0.0667. The number of hydrogen-bond donors (Lipinski definition) is 2. The third-order valence-electron chi connectivity index (χ3n) is 2.90. The van der Waals surface area contributed by atoms with Gasteiger partial charge in [0.15, 0.2) is 0 Å². The van der Waals surface area contributed by atoms with Gasteiger partial charge in [0.1, 0.15) is 17.3 Å². The van der Waals surface area contributed by atoms with Crippen molar-refractivity contribution < 1.29 is 27.7 Å². The quantitative estimate of drug-likeness (QED) is 0.522. The monoisotopic (exact) mass is 370 g/mol. The molecule has 0 aliphatic rings. The van der Waals surface area contributed by atoms with E-state index in [0.29, 0.717) is 5.02 Å². The Balaban J connectivity index is 2.37. The van der Waals surface area contributed by atoms with Crippen LogP contribution in [0.3, 0.4) is 0 Å². The van der Waals surface area contributed by atoms with Crippen LogP contribution >= 0.6 is 11.6 Å². The van der Waals surface area contributed by atoms with E-state index < -0.39 is 28.4 Å². The van der Waals surface area contributed by atoms with Gasteiger partial charge in [-0.15, -0.1) is 0 Å². The first-order valence-electron chi connectivity index (χ1n) is 6.63. The van der Waals surface area contributed by atoms with Crippen LogP contribution in [0, 0.1) is 5.82 Å². The Morgan fingerprint density at radius 3 is 2.25 bits per heavy atom. The van der Waals surface area contributed by atoms with E-state index in [1.165, 1.54) is 36.4 Å². The van der Waals surface area contributed by atoms with Gasteiger partial charge in [0.2, 0.25) is 0 Å². The Morgan fingerprint density at radius 1 is 1.12 bits per heavy atom. The van der Waals surface area contributed by atoms with Gasteiger partial charge in [-0.25, -0.2) is 4.39 Å². The molecule has 2 N–H and O–H groups in total. The van der Waals surface area contributed by atoms with E-state index in [9.17, 15) is 22.7 Å². The maximum Gasteiger partial charge on any atom is 0.328 e. The van der Waals surface area contributed by atoms with Gasteiger partial charge in [0.25, 0.3) is 5.84 Å². The summed E-state index contributed by atoms with van der Waals surface area (Å²) in [6.45, 7) is -0.629. The lowest BCUT2D eigenvalue weighted by atomic mass is 10.2. The lowest BCUT2D eigenvalue weighted by molar-refractivity contribution is -0.465. The van der Waals surface area contributed by atoms with Crippen LogP contribution in [0.25, 0.3) is 0 Å². The average Bonchev–Trinajstić information content (AvgIpc) is 2.52. The van der Waals surface area contributed by atoms with Gasteiger partial charge in [-0.1, -0.05) is 11.6 Å². The number of carboxylic acids is 1. The van der Waals surface area contributed by atoms with Gasteiger partial charge in [-0.05, 0) is 48.5 Å². The van der Waals surface area contributed by atoms with E-state index in [1.54, 1.807) is 0 Å². The molecule has 0 heterocycles. The summed E-state index contributed by atoms with van der Waals surface area (Å²) >= 11 is 5.72. The molecule has 0 aliphatic heterocycles. The molecule has 126 valence electrons. The molecule has 9 heteroatoms. The SMILES string of the molecule is O=C([O-])C[NH+]=C(NS(=O)(=O)c1ccc(Cl)cc1)c1ccc(F)cc1. The van der Waals surface area contributed by atoms with Crippen LogP contribution in [0.4, 0.5) is 4.39 Å². The minimum atomic E-state index is -4.00. The van der Waals surface area contributed by atoms with Crippen LogP contribution in [0.15, 0.2) is 53.4 Å². The van der Waals surface area contributed by atoms with Gasteiger partial charge < -0.3 is 9.90 Å². The second kappa shape index (κ2) is 7.41. The highest BCUT2D eigenvalue weighted by Crippen LogP contribution is 2.14. The van der Waals surface area contributed by atoms with E-state index in [-0.39, 0.29) is 16.3 Å². The maximum absolute atomic E-state index is 13.0. The van der Waals surface area contributed by atoms with Crippen molar-refractivity contribution >= 4 is 33.4 Å². The first kappa shape index (κ1) is 17.9. The van der Waals surface area contributed by atoms with Crippen molar-refractivity contribution in [2.24, 2.45) is 0 Å². The fourth-order valence-electron chi connectivity index (χ4n) is 1.78. The predicted octanol–water partition coefficient (Wildman–Crippen LogP) is -0.965. The van der Waals surface area contributed by atoms with Gasteiger partial charge in [-0.3, -0.25) is 4.99 Å². The molecule has 2 rings (SSSR count). The molecule has 2 aromatic carbocycles. The number of halogens is 2. The van der Waals surface area contributed by atoms with E-state index in [2.05, 4.69) is 9.71 Å². The summed E-state index contributed by atoms with van der Waals surface area (Å²) in [5, 5.41) is 11.0. The van der Waals surface area contributed by atoms with Crippen LogP contribution in [0.5, 0.6) is 0 Å². The normalized spacial score (nSPS) is 12.0. The van der Waals surface area contributed by atoms with E-state index in [0.717, 1.165) is 12.1 Å². The number of carbonyl (C=O) groups is 1. The van der Waals surface area contributed by atoms with E-state index >= 15 is 0 Å². The number of benzene rings is 2. The zero-order chi connectivity index (χ0) is 17.7. The molecule has 0 saturated carbocycles. The van der Waals surface area contributed by atoms with Gasteiger partial charge in [0, 0.05) is 5.02 Å². The van der Waals surface area contributed by atoms with Crippen molar-refractivity contribution in [3.05, 3.63) is 64.9 Å². The smallest absolute Gasteiger partial charge is 0.328 e. The highest BCUT2D eigenvalue weighted by atomic mass is 35.5. The van der Waals surface area contributed by atoms with Crippen molar-refractivity contribution in [1.29, 1.82) is 0 Å². The lowest BCUT2D eigenvalue weighted by Gasteiger charge is -2.06. The number of hydrogen-bond acceptors (Lipinski definition) is 4. The third-order valence-corrected chi connectivity index (χ3v) is 4.52. The molecule has 0 radical (unpaired) electrons. The number of carboxylic acid groups (broad SMARTS) is 1. The molecule has 0 amide bonds. The van der Waals surface area contributed by atoms with Crippen LogP contribution in [-0.4, -0.2) is 26.8 Å². The number of rotatable bonds is 5. The highest BCUT2D eigenvalue weighted by molar-refractivity contribution is 7.90. The number of carbonyl (C=O) groups excluding carboxylic acids is 1. The molecule has 0 bridgehead atoms. The fourth-order valence-corrected chi connectivity index (χ4v) is 2.98. The van der Waals surface area contributed by atoms with Crippen molar-refractivity contribution in [1.82, 2.24) is 4.72 Å². The minimum Gasteiger partial charge on any atom is -0.546 e. The lowest BCUT2D eigenvalue weighted by Crippen LogP contribution is -2.79. The Labute approximate surface area is 142 Å². The first-order valence-corrected chi connectivity index (χ1v) is 8.49. The predicted molar refractivity (Wildman–Crippen MR) is 83.1 cm³/mol. The van der Waals surface area contributed by atoms with Crippen molar-refractivity contribution in [3.63, 3.8) is 0 Å².